The Labute approximate surface area is 193 Å². The van der Waals surface area contributed by atoms with Gasteiger partial charge in [0.1, 0.15) is 11.8 Å². The minimum Gasteiger partial charge on any atom is -0.507 e. The van der Waals surface area contributed by atoms with Crippen molar-refractivity contribution in [3.05, 3.63) is 71.4 Å². The molecule has 7 heteroatoms. The van der Waals surface area contributed by atoms with E-state index in [0.717, 1.165) is 37.7 Å². The number of amides is 2. The summed E-state index contributed by atoms with van der Waals surface area (Å²) in [5.74, 6) is -1.39. The minimum absolute atomic E-state index is 0.0129. The molecule has 0 bridgehead atoms. The second kappa shape index (κ2) is 9.90. The van der Waals surface area contributed by atoms with Gasteiger partial charge in [-0.05, 0) is 44.0 Å². The van der Waals surface area contributed by atoms with E-state index in [1.807, 2.05) is 19.1 Å². The fraction of sp³-hybridized carbons (Fsp3) is 0.346. The molecule has 0 saturated heterocycles. The first-order valence-corrected chi connectivity index (χ1v) is 11.4. The van der Waals surface area contributed by atoms with Crippen LogP contribution in [0.5, 0.6) is 5.75 Å². The van der Waals surface area contributed by atoms with Crippen molar-refractivity contribution < 1.29 is 19.5 Å². The number of phenols is 1. The fourth-order valence-electron chi connectivity index (χ4n) is 4.49. The quantitative estimate of drug-likeness (QED) is 0.612. The monoisotopic (exact) mass is 447 g/mol. The predicted molar refractivity (Wildman–Crippen MR) is 126 cm³/mol. The highest BCUT2D eigenvalue weighted by Gasteiger charge is 2.40. The molecule has 2 aromatic rings. The van der Waals surface area contributed by atoms with E-state index in [1.165, 1.54) is 23.2 Å². The van der Waals surface area contributed by atoms with Crippen molar-refractivity contribution in [2.75, 3.05) is 11.4 Å². The molecule has 172 valence electrons. The second-order valence-electron chi connectivity index (χ2n) is 8.67. The molecule has 3 N–H and O–H groups in total. The first-order valence-electron chi connectivity index (χ1n) is 11.4. The molecule has 0 spiro atoms. The van der Waals surface area contributed by atoms with Crippen LogP contribution in [0.25, 0.3) is 0 Å². The highest BCUT2D eigenvalue weighted by Crippen LogP contribution is 2.28. The first-order chi connectivity index (χ1) is 16.0. The molecule has 33 heavy (non-hydrogen) atoms. The third-order valence-corrected chi connectivity index (χ3v) is 6.26. The van der Waals surface area contributed by atoms with E-state index < -0.39 is 17.7 Å². The molecule has 1 fully saturated rings. The summed E-state index contributed by atoms with van der Waals surface area (Å²) < 4.78 is 0. The van der Waals surface area contributed by atoms with Crippen molar-refractivity contribution >= 4 is 23.3 Å². The number of para-hydroxylation sites is 1. The van der Waals surface area contributed by atoms with E-state index in [0.29, 0.717) is 5.69 Å². The van der Waals surface area contributed by atoms with Crippen molar-refractivity contribution in [1.82, 2.24) is 10.6 Å². The number of nitrogens with one attached hydrogen (secondary N) is 2. The zero-order chi connectivity index (χ0) is 23.4. The van der Waals surface area contributed by atoms with Crippen molar-refractivity contribution in [2.24, 2.45) is 0 Å². The number of hydrogen-bond donors (Lipinski definition) is 3. The number of carbonyl (C=O) groups is 3. The second-order valence-corrected chi connectivity index (χ2v) is 8.67. The summed E-state index contributed by atoms with van der Waals surface area (Å²) in [6.07, 6.45) is 6.41. The number of nitrogens with zero attached hydrogens (tertiary/aromatic N) is 1. The van der Waals surface area contributed by atoms with Gasteiger partial charge in [0, 0.05) is 23.5 Å². The van der Waals surface area contributed by atoms with Crippen LogP contribution >= 0.6 is 0 Å². The van der Waals surface area contributed by atoms with Crippen molar-refractivity contribution in [3.63, 3.8) is 0 Å². The molecular weight excluding hydrogens is 418 g/mol. The zero-order valence-corrected chi connectivity index (χ0v) is 18.7. The molecule has 1 heterocycles. The van der Waals surface area contributed by atoms with Gasteiger partial charge >= 0.3 is 0 Å². The number of ketones is 1. The Kier molecular flexibility index (Phi) is 6.77. The van der Waals surface area contributed by atoms with Crippen LogP contribution in [-0.4, -0.2) is 41.3 Å². The molecule has 2 aliphatic rings. The van der Waals surface area contributed by atoms with Gasteiger partial charge in [-0.2, -0.15) is 0 Å². The Morgan fingerprint density at radius 1 is 1.03 bits per heavy atom. The average Bonchev–Trinajstić information content (AvgIpc) is 2.99. The zero-order valence-electron chi connectivity index (χ0n) is 18.7. The molecule has 7 nitrogen and oxygen atoms in total. The molecule has 2 aromatic carbocycles. The fourth-order valence-corrected chi connectivity index (χ4v) is 4.49. The van der Waals surface area contributed by atoms with Crippen molar-refractivity contribution in [2.45, 2.75) is 51.1 Å². The molecule has 0 radical (unpaired) electrons. The summed E-state index contributed by atoms with van der Waals surface area (Å²) in [4.78, 5) is 41.7. The van der Waals surface area contributed by atoms with Gasteiger partial charge in [-0.3, -0.25) is 19.3 Å². The lowest BCUT2D eigenvalue weighted by molar-refractivity contribution is -0.125. The predicted octanol–water partition coefficient (Wildman–Crippen LogP) is 3.22. The van der Waals surface area contributed by atoms with Gasteiger partial charge in [-0.15, -0.1) is 0 Å². The van der Waals surface area contributed by atoms with E-state index >= 15 is 0 Å². The van der Waals surface area contributed by atoms with Crippen LogP contribution < -0.4 is 15.5 Å². The van der Waals surface area contributed by atoms with Gasteiger partial charge in [-0.1, -0.05) is 49.1 Å². The third kappa shape index (κ3) is 4.92. The lowest BCUT2D eigenvalue weighted by atomic mass is 9.92. The number of phenolic OH excluding ortho intramolecular Hbond substituents is 1. The number of hydrogen-bond acceptors (Lipinski definition) is 5. The Balaban J connectivity index is 1.76. The lowest BCUT2D eigenvalue weighted by Gasteiger charge is -2.33. The van der Waals surface area contributed by atoms with Crippen LogP contribution in [0.15, 0.2) is 60.3 Å². The standard InChI is InChI=1S/C26H29N3O4/c1-17-11-13-19(14-12-17)29-23(31)16-27-15-21(25(32)20-9-5-6-10-22(20)30)24(29)26(33)28-18-7-3-2-4-8-18/h5-6,9-15,18,24,27,30H,2-4,7-8,16H2,1H3,(H,28,33). The maximum atomic E-state index is 13.7. The highest BCUT2D eigenvalue weighted by atomic mass is 16.3. The molecule has 2 amide bonds. The van der Waals surface area contributed by atoms with Crippen LogP contribution in [0.2, 0.25) is 0 Å². The third-order valence-electron chi connectivity index (χ3n) is 6.26. The maximum absolute atomic E-state index is 13.7. The molecule has 1 aliphatic carbocycles. The van der Waals surface area contributed by atoms with Crippen LogP contribution in [0.1, 0.15) is 48.0 Å². The number of anilines is 1. The Morgan fingerprint density at radius 2 is 1.73 bits per heavy atom. The molecular formula is C26H29N3O4. The Morgan fingerprint density at radius 3 is 2.42 bits per heavy atom. The van der Waals surface area contributed by atoms with Gasteiger partial charge in [0.25, 0.3) is 0 Å². The molecule has 1 aliphatic heterocycles. The number of carbonyl (C=O) groups excluding carboxylic acids is 3. The lowest BCUT2D eigenvalue weighted by Crippen LogP contribution is -2.54. The van der Waals surface area contributed by atoms with Gasteiger partial charge in [-0.25, -0.2) is 0 Å². The summed E-state index contributed by atoms with van der Waals surface area (Å²) in [6.45, 7) is 1.88. The SMILES string of the molecule is Cc1ccc(N2C(=O)CNC=C(C(=O)c3ccccc3O)C2C(=O)NC2CCCCC2)cc1. The largest absolute Gasteiger partial charge is 0.507 e. The summed E-state index contributed by atoms with van der Waals surface area (Å²) in [5, 5.41) is 16.2. The number of benzene rings is 2. The Hall–Kier alpha value is -3.61. The maximum Gasteiger partial charge on any atom is 0.248 e. The topological polar surface area (TPSA) is 98.7 Å². The van der Waals surface area contributed by atoms with Gasteiger partial charge in [0.05, 0.1) is 12.1 Å². The first kappa shape index (κ1) is 22.6. The van der Waals surface area contributed by atoms with E-state index in [4.69, 9.17) is 0 Å². The van der Waals surface area contributed by atoms with E-state index in [-0.39, 0.29) is 35.4 Å². The van der Waals surface area contributed by atoms with Crippen molar-refractivity contribution in [1.29, 1.82) is 0 Å². The van der Waals surface area contributed by atoms with Crippen LogP contribution in [-0.2, 0) is 9.59 Å². The highest BCUT2D eigenvalue weighted by molar-refractivity contribution is 6.17. The minimum atomic E-state index is -1.16. The number of aryl methyl sites for hydroxylation is 1. The van der Waals surface area contributed by atoms with Crippen LogP contribution in [0.4, 0.5) is 5.69 Å². The summed E-state index contributed by atoms with van der Waals surface area (Å²) >= 11 is 0. The van der Waals surface area contributed by atoms with E-state index in [2.05, 4.69) is 10.6 Å². The van der Waals surface area contributed by atoms with E-state index in [9.17, 15) is 19.5 Å². The van der Waals surface area contributed by atoms with Crippen LogP contribution in [0.3, 0.4) is 0 Å². The summed E-state index contributed by atoms with van der Waals surface area (Å²) in [7, 11) is 0. The summed E-state index contributed by atoms with van der Waals surface area (Å²) in [5.41, 5.74) is 1.74. The van der Waals surface area contributed by atoms with Gasteiger partial charge in [0.2, 0.25) is 11.8 Å². The number of rotatable bonds is 5. The molecule has 1 saturated carbocycles. The molecule has 1 atom stereocenters. The van der Waals surface area contributed by atoms with Crippen molar-refractivity contribution in [3.8, 4) is 5.75 Å². The number of Topliss-reactive ketones (excluding diaryl/α,β-unsaturated/α-hetero) is 1. The normalized spacial score (nSPS) is 19.3. The number of aromatic hydroxyl groups is 1. The van der Waals surface area contributed by atoms with E-state index in [1.54, 1.807) is 24.3 Å². The molecule has 0 aromatic heterocycles. The smallest absolute Gasteiger partial charge is 0.248 e. The van der Waals surface area contributed by atoms with Gasteiger partial charge in [0.15, 0.2) is 5.78 Å². The molecule has 4 rings (SSSR count). The average molecular weight is 448 g/mol. The molecule has 1 unspecified atom stereocenters. The van der Waals surface area contributed by atoms with Crippen LogP contribution in [0, 0.1) is 6.92 Å². The Bertz CT molecular complexity index is 1070. The van der Waals surface area contributed by atoms with Gasteiger partial charge < -0.3 is 15.7 Å². The summed E-state index contributed by atoms with van der Waals surface area (Å²) in [6, 6.07) is 12.4.